The zero-order chi connectivity index (χ0) is 14.6. The number of hydrogen-bond acceptors (Lipinski definition) is 5. The van der Waals surface area contributed by atoms with Crippen molar-refractivity contribution < 1.29 is 32.6 Å². The molecule has 0 aliphatic rings. The number of carbonyl (C=O) groups excluding carboxylic acids is 2. The summed E-state index contributed by atoms with van der Waals surface area (Å²) in [6.45, 7) is 1.45. The van der Waals surface area contributed by atoms with Crippen LogP contribution in [0.3, 0.4) is 0 Å². The third kappa shape index (κ3) is 2.81. The Hall–Kier alpha value is -2.18. The molecule has 0 spiro atoms. The van der Waals surface area contributed by atoms with E-state index in [1.807, 2.05) is 0 Å². The Morgan fingerprint density at radius 2 is 1.79 bits per heavy atom. The van der Waals surface area contributed by atoms with E-state index in [0.717, 1.165) is 20.3 Å². The molecule has 0 aromatic heterocycles. The fourth-order valence-electron chi connectivity index (χ4n) is 1.39. The molecule has 1 rings (SSSR count). The molecule has 0 N–H and O–H groups in total. The molecule has 0 aliphatic carbocycles. The lowest BCUT2D eigenvalue weighted by atomic mass is 10.1. The highest BCUT2D eigenvalue weighted by Crippen LogP contribution is 2.32. The molecule has 0 fully saturated rings. The average molecular weight is 274 g/mol. The molecule has 0 saturated carbocycles. The maximum absolute atomic E-state index is 13.9. The van der Waals surface area contributed by atoms with Gasteiger partial charge in [-0.3, -0.25) is 4.79 Å². The number of benzene rings is 1. The second kappa shape index (κ2) is 6.12. The van der Waals surface area contributed by atoms with Crippen LogP contribution in [0.2, 0.25) is 0 Å². The Bertz CT molecular complexity index is 513. The monoisotopic (exact) mass is 274 g/mol. The van der Waals surface area contributed by atoms with Gasteiger partial charge in [-0.2, -0.15) is 4.39 Å². The van der Waals surface area contributed by atoms with Crippen LogP contribution < -0.4 is 9.47 Å². The van der Waals surface area contributed by atoms with Gasteiger partial charge in [-0.1, -0.05) is 0 Å². The van der Waals surface area contributed by atoms with Crippen LogP contribution in [0.15, 0.2) is 6.07 Å². The molecule has 1 aromatic carbocycles. The highest BCUT2D eigenvalue weighted by molar-refractivity contribution is 6.40. The van der Waals surface area contributed by atoms with E-state index in [1.165, 1.54) is 6.92 Å². The first-order valence-corrected chi connectivity index (χ1v) is 5.29. The van der Waals surface area contributed by atoms with Crippen LogP contribution in [-0.2, 0) is 9.53 Å². The number of halogens is 2. The summed E-state index contributed by atoms with van der Waals surface area (Å²) in [6.07, 6.45) is 0. The van der Waals surface area contributed by atoms with E-state index in [0.29, 0.717) is 0 Å². The number of ether oxygens (including phenoxy) is 3. The van der Waals surface area contributed by atoms with Crippen molar-refractivity contribution in [3.05, 3.63) is 23.3 Å². The fraction of sp³-hybridized carbons (Fsp3) is 0.333. The third-order valence-electron chi connectivity index (χ3n) is 2.26. The van der Waals surface area contributed by atoms with Crippen LogP contribution in [0.1, 0.15) is 17.3 Å². The summed E-state index contributed by atoms with van der Waals surface area (Å²) < 4.78 is 41.1. The van der Waals surface area contributed by atoms with E-state index in [9.17, 15) is 18.4 Å². The molecule has 7 heteroatoms. The highest BCUT2D eigenvalue weighted by Gasteiger charge is 2.28. The number of methoxy groups -OCH3 is 2. The topological polar surface area (TPSA) is 61.8 Å². The van der Waals surface area contributed by atoms with Gasteiger partial charge < -0.3 is 14.2 Å². The molecule has 1 aromatic rings. The van der Waals surface area contributed by atoms with Gasteiger partial charge in [0.1, 0.15) is 0 Å². The first-order valence-electron chi connectivity index (χ1n) is 5.29. The Morgan fingerprint density at radius 1 is 1.16 bits per heavy atom. The van der Waals surface area contributed by atoms with Gasteiger partial charge in [-0.25, -0.2) is 9.18 Å². The van der Waals surface area contributed by atoms with Gasteiger partial charge in [-0.05, 0) is 13.0 Å². The summed E-state index contributed by atoms with van der Waals surface area (Å²) in [5.41, 5.74) is -0.673. The first-order chi connectivity index (χ1) is 8.97. The van der Waals surface area contributed by atoms with Gasteiger partial charge in [0, 0.05) is 0 Å². The normalized spacial score (nSPS) is 9.95. The van der Waals surface area contributed by atoms with Gasteiger partial charge in [0.2, 0.25) is 5.82 Å². The van der Waals surface area contributed by atoms with Crippen LogP contribution in [0.25, 0.3) is 0 Å². The van der Waals surface area contributed by atoms with Gasteiger partial charge in [0.05, 0.1) is 26.4 Å². The number of rotatable bonds is 5. The largest absolute Gasteiger partial charge is 0.494 e. The number of carbonyl (C=O) groups is 2. The molecule has 0 amide bonds. The molecular formula is C12H12F2O5. The summed E-state index contributed by atoms with van der Waals surface area (Å²) in [5.74, 6) is -6.06. The quantitative estimate of drug-likeness (QED) is 0.465. The van der Waals surface area contributed by atoms with E-state index >= 15 is 0 Å². The predicted molar refractivity (Wildman–Crippen MR) is 60.4 cm³/mol. The minimum absolute atomic E-state index is 0.0400. The van der Waals surface area contributed by atoms with Crippen molar-refractivity contribution in [1.29, 1.82) is 0 Å². The van der Waals surface area contributed by atoms with Gasteiger partial charge in [0.15, 0.2) is 17.3 Å². The maximum Gasteiger partial charge on any atom is 0.379 e. The van der Waals surface area contributed by atoms with Crippen molar-refractivity contribution in [2.45, 2.75) is 6.92 Å². The maximum atomic E-state index is 13.9. The van der Waals surface area contributed by atoms with E-state index < -0.39 is 40.4 Å². The molecule has 0 aliphatic heterocycles. The van der Waals surface area contributed by atoms with Gasteiger partial charge in [-0.15, -0.1) is 0 Å². The summed E-state index contributed by atoms with van der Waals surface area (Å²) in [6, 6.07) is 0.784. The Kier molecular flexibility index (Phi) is 4.80. The van der Waals surface area contributed by atoms with E-state index in [2.05, 4.69) is 14.2 Å². The van der Waals surface area contributed by atoms with E-state index in [1.54, 1.807) is 0 Å². The summed E-state index contributed by atoms with van der Waals surface area (Å²) in [5, 5.41) is 0. The lowest BCUT2D eigenvalue weighted by molar-refractivity contribution is -0.137. The molecule has 104 valence electrons. The van der Waals surface area contributed by atoms with Crippen molar-refractivity contribution in [2.24, 2.45) is 0 Å². The first kappa shape index (κ1) is 14.9. The SMILES string of the molecule is CCOC(=O)C(=O)c1cc(OC)c(F)c(OC)c1F. The molecule has 19 heavy (non-hydrogen) atoms. The van der Waals surface area contributed by atoms with Gasteiger partial charge in [0.25, 0.3) is 5.78 Å². The summed E-state index contributed by atoms with van der Waals surface area (Å²) in [4.78, 5) is 22.9. The Balaban J connectivity index is 3.35. The van der Waals surface area contributed by atoms with Crippen LogP contribution in [0, 0.1) is 11.6 Å². The Morgan fingerprint density at radius 3 is 2.26 bits per heavy atom. The number of hydrogen-bond donors (Lipinski definition) is 0. The average Bonchev–Trinajstić information content (AvgIpc) is 2.39. The summed E-state index contributed by atoms with van der Waals surface area (Å²) >= 11 is 0. The minimum atomic E-state index is -1.28. The van der Waals surface area contributed by atoms with Gasteiger partial charge >= 0.3 is 5.97 Å². The standard InChI is InChI=1S/C12H12F2O5/c1-4-19-12(16)10(15)6-5-7(17-2)9(14)11(18-3)8(6)13/h5H,4H2,1-3H3. The lowest BCUT2D eigenvalue weighted by Gasteiger charge is -2.11. The van der Waals surface area contributed by atoms with Crippen molar-refractivity contribution >= 4 is 11.8 Å². The second-order valence-corrected chi connectivity index (χ2v) is 3.34. The molecule has 0 saturated heterocycles. The molecular weight excluding hydrogens is 262 g/mol. The molecule has 5 nitrogen and oxygen atoms in total. The highest BCUT2D eigenvalue weighted by atomic mass is 19.1. The fourth-order valence-corrected chi connectivity index (χ4v) is 1.39. The Labute approximate surface area is 108 Å². The van der Waals surface area contributed by atoms with Crippen molar-refractivity contribution in [1.82, 2.24) is 0 Å². The number of ketones is 1. The molecule has 0 unspecified atom stereocenters. The van der Waals surface area contributed by atoms with Crippen molar-refractivity contribution in [3.8, 4) is 11.5 Å². The van der Waals surface area contributed by atoms with E-state index in [4.69, 9.17) is 0 Å². The zero-order valence-electron chi connectivity index (χ0n) is 10.6. The summed E-state index contributed by atoms with van der Waals surface area (Å²) in [7, 11) is 2.16. The van der Waals surface area contributed by atoms with E-state index in [-0.39, 0.29) is 6.61 Å². The zero-order valence-corrected chi connectivity index (χ0v) is 10.6. The number of Topliss-reactive ketones (excluding diaryl/α,β-unsaturated/α-hetero) is 1. The lowest BCUT2D eigenvalue weighted by Crippen LogP contribution is -2.19. The van der Waals surface area contributed by atoms with Crippen molar-refractivity contribution in [3.63, 3.8) is 0 Å². The molecule has 0 bridgehead atoms. The third-order valence-corrected chi connectivity index (χ3v) is 2.26. The molecule has 0 atom stereocenters. The second-order valence-electron chi connectivity index (χ2n) is 3.34. The van der Waals surface area contributed by atoms with Crippen LogP contribution in [-0.4, -0.2) is 32.6 Å². The number of esters is 1. The van der Waals surface area contributed by atoms with Crippen LogP contribution >= 0.6 is 0 Å². The van der Waals surface area contributed by atoms with Crippen LogP contribution in [0.4, 0.5) is 8.78 Å². The predicted octanol–water partition coefficient (Wildman–Crippen LogP) is 1.73. The smallest absolute Gasteiger partial charge is 0.379 e. The van der Waals surface area contributed by atoms with Crippen molar-refractivity contribution in [2.75, 3.05) is 20.8 Å². The molecule has 0 heterocycles. The van der Waals surface area contributed by atoms with Crippen LogP contribution in [0.5, 0.6) is 11.5 Å². The minimum Gasteiger partial charge on any atom is -0.494 e. The molecule has 0 radical (unpaired) electrons.